The van der Waals surface area contributed by atoms with Gasteiger partial charge in [0.2, 0.25) is 0 Å². The molecule has 0 radical (unpaired) electrons. The number of nitrogens with zero attached hydrogens (tertiary/aromatic N) is 2. The minimum Gasteiger partial charge on any atom is -0.398 e. The molecule has 6 heteroatoms. The molecule has 6 nitrogen and oxygen atoms in total. The first-order chi connectivity index (χ1) is 10.7. The minimum absolute atomic E-state index is 0.135. The zero-order valence-corrected chi connectivity index (χ0v) is 11.8. The predicted octanol–water partition coefficient (Wildman–Crippen LogP) is 2.06. The Morgan fingerprint density at radius 1 is 1.27 bits per heavy atom. The van der Waals surface area contributed by atoms with Gasteiger partial charge in [-0.25, -0.2) is 4.98 Å². The van der Waals surface area contributed by atoms with Gasteiger partial charge in [-0.15, -0.1) is 0 Å². The van der Waals surface area contributed by atoms with E-state index >= 15 is 0 Å². The Balaban J connectivity index is 2.45. The van der Waals surface area contributed by atoms with Crippen LogP contribution in [0.2, 0.25) is 0 Å². The molecule has 0 bridgehead atoms. The average molecular weight is 291 g/mol. The van der Waals surface area contributed by atoms with E-state index in [1.54, 1.807) is 25.5 Å². The molecule has 4 aromatic rings. The molecule has 108 valence electrons. The van der Waals surface area contributed by atoms with Gasteiger partial charge in [-0.3, -0.25) is 9.20 Å². The number of hydrogen-bond acceptors (Lipinski definition) is 5. The Kier molecular flexibility index (Phi) is 2.39. The van der Waals surface area contributed by atoms with E-state index < -0.39 is 0 Å². The van der Waals surface area contributed by atoms with Crippen LogP contribution >= 0.6 is 0 Å². The molecule has 0 aliphatic rings. The van der Waals surface area contributed by atoms with Crippen LogP contribution in [-0.4, -0.2) is 22.6 Å². The number of benzene rings is 2. The fourth-order valence-electron chi connectivity index (χ4n) is 3.07. The van der Waals surface area contributed by atoms with Gasteiger partial charge in [0.15, 0.2) is 5.43 Å². The van der Waals surface area contributed by atoms with Crippen molar-refractivity contribution in [3.8, 4) is 0 Å². The van der Waals surface area contributed by atoms with E-state index in [0.717, 1.165) is 22.9 Å². The topological polar surface area (TPSA) is 96.3 Å². The molecule has 2 aromatic heterocycles. The Bertz CT molecular complexity index is 1110. The lowest BCUT2D eigenvalue weighted by atomic mass is 10.0. The van der Waals surface area contributed by atoms with Crippen molar-refractivity contribution in [1.82, 2.24) is 9.38 Å². The Morgan fingerprint density at radius 2 is 2.09 bits per heavy atom. The molecule has 0 aliphatic carbocycles. The number of nitrogen functional groups attached to an aromatic ring is 1. The first kappa shape index (κ1) is 12.6. The standard InChI is InChI=1S/C16H13N5O/c1-19-10-3-4-11-15-14(10)16(22)13-8(6-17)9(18)2-5-12(13)21(15)7-20-11/h2-7,17,19H,18H2,1H3. The van der Waals surface area contributed by atoms with Gasteiger partial charge in [-0.1, -0.05) is 0 Å². The molecule has 0 atom stereocenters. The molecule has 0 fully saturated rings. The highest BCUT2D eigenvalue weighted by molar-refractivity contribution is 6.11. The molecule has 2 aromatic carbocycles. The van der Waals surface area contributed by atoms with Gasteiger partial charge >= 0.3 is 0 Å². The number of nitrogens with two attached hydrogens (primary N) is 1. The minimum atomic E-state index is -0.135. The molecule has 4 N–H and O–H groups in total. The summed E-state index contributed by atoms with van der Waals surface area (Å²) in [5, 5.41) is 11.7. The first-order valence-corrected chi connectivity index (χ1v) is 6.83. The van der Waals surface area contributed by atoms with Crippen LogP contribution in [0.25, 0.3) is 27.3 Å². The largest absolute Gasteiger partial charge is 0.398 e. The second-order valence-corrected chi connectivity index (χ2v) is 5.16. The molecule has 4 rings (SSSR count). The smallest absolute Gasteiger partial charge is 0.200 e. The monoisotopic (exact) mass is 291 g/mol. The van der Waals surface area contributed by atoms with Crippen LogP contribution < -0.4 is 16.5 Å². The summed E-state index contributed by atoms with van der Waals surface area (Å²) in [5.74, 6) is 0. The van der Waals surface area contributed by atoms with Gasteiger partial charge in [0.1, 0.15) is 6.33 Å². The lowest BCUT2D eigenvalue weighted by Crippen LogP contribution is -2.11. The third kappa shape index (κ3) is 1.36. The lowest BCUT2D eigenvalue weighted by Gasteiger charge is -2.11. The fourth-order valence-corrected chi connectivity index (χ4v) is 3.07. The molecule has 0 spiro atoms. The van der Waals surface area contributed by atoms with Gasteiger partial charge < -0.3 is 16.5 Å². The second kappa shape index (κ2) is 4.17. The molecule has 0 saturated heterocycles. The predicted molar refractivity (Wildman–Crippen MR) is 89.5 cm³/mol. The van der Waals surface area contributed by atoms with Crippen LogP contribution in [0.4, 0.5) is 11.4 Å². The number of hydrogen-bond donors (Lipinski definition) is 3. The Hall–Kier alpha value is -3.15. The van der Waals surface area contributed by atoms with E-state index in [-0.39, 0.29) is 5.43 Å². The summed E-state index contributed by atoms with van der Waals surface area (Å²) in [5.41, 5.74) is 9.66. The molecule has 2 heterocycles. The summed E-state index contributed by atoms with van der Waals surface area (Å²) in [4.78, 5) is 17.4. The first-order valence-electron chi connectivity index (χ1n) is 6.83. The van der Waals surface area contributed by atoms with Crippen LogP contribution in [0.15, 0.2) is 35.4 Å². The van der Waals surface area contributed by atoms with Crippen molar-refractivity contribution in [3.63, 3.8) is 0 Å². The van der Waals surface area contributed by atoms with Gasteiger partial charge in [-0.05, 0) is 24.3 Å². The third-order valence-corrected chi connectivity index (χ3v) is 4.09. The van der Waals surface area contributed by atoms with Crippen LogP contribution in [0, 0.1) is 5.41 Å². The van der Waals surface area contributed by atoms with Crippen molar-refractivity contribution in [2.24, 2.45) is 0 Å². The van der Waals surface area contributed by atoms with Crippen LogP contribution in [-0.2, 0) is 0 Å². The number of pyridine rings is 1. The molecular weight excluding hydrogens is 278 g/mol. The SMILES string of the molecule is CNc1ccc2ncn3c4ccc(N)c(C=N)c4c(=O)c1c23. The summed E-state index contributed by atoms with van der Waals surface area (Å²) in [6.07, 6.45) is 2.83. The highest BCUT2D eigenvalue weighted by atomic mass is 16.1. The van der Waals surface area contributed by atoms with Crippen molar-refractivity contribution in [1.29, 1.82) is 5.41 Å². The van der Waals surface area contributed by atoms with E-state index in [0.29, 0.717) is 27.5 Å². The van der Waals surface area contributed by atoms with Gasteiger partial charge in [0.05, 0.1) is 27.3 Å². The zero-order valence-electron chi connectivity index (χ0n) is 11.8. The summed E-state index contributed by atoms with van der Waals surface area (Å²) in [7, 11) is 1.78. The van der Waals surface area contributed by atoms with E-state index in [4.69, 9.17) is 11.1 Å². The van der Waals surface area contributed by atoms with Crippen LogP contribution in [0.5, 0.6) is 0 Å². The fraction of sp³-hybridized carbons (Fsp3) is 0.0625. The number of anilines is 2. The van der Waals surface area contributed by atoms with E-state index in [1.807, 2.05) is 16.5 Å². The summed E-state index contributed by atoms with van der Waals surface area (Å²) >= 11 is 0. The molecule has 0 amide bonds. The summed E-state index contributed by atoms with van der Waals surface area (Å²) < 4.78 is 1.88. The van der Waals surface area contributed by atoms with Gasteiger partial charge in [0, 0.05) is 30.2 Å². The quantitative estimate of drug-likeness (QED) is 0.299. The van der Waals surface area contributed by atoms with Crippen molar-refractivity contribution in [2.45, 2.75) is 0 Å². The number of aromatic nitrogens is 2. The van der Waals surface area contributed by atoms with Crippen molar-refractivity contribution < 1.29 is 0 Å². The molecular formula is C16H13N5O. The number of fused-ring (bicyclic) bond motifs is 2. The maximum absolute atomic E-state index is 13.1. The van der Waals surface area contributed by atoms with Gasteiger partial charge in [0.25, 0.3) is 0 Å². The van der Waals surface area contributed by atoms with Gasteiger partial charge in [-0.2, -0.15) is 0 Å². The number of nitrogens with one attached hydrogen (secondary N) is 2. The Labute approximate surface area is 125 Å². The molecule has 0 unspecified atom stereocenters. The van der Waals surface area contributed by atoms with Crippen LogP contribution in [0.3, 0.4) is 0 Å². The molecule has 0 aliphatic heterocycles. The normalized spacial score (nSPS) is 11.5. The second-order valence-electron chi connectivity index (χ2n) is 5.16. The van der Waals surface area contributed by atoms with Crippen molar-refractivity contribution >= 4 is 44.9 Å². The number of rotatable bonds is 2. The van der Waals surface area contributed by atoms with E-state index in [2.05, 4.69) is 10.3 Å². The lowest BCUT2D eigenvalue weighted by molar-refractivity contribution is 1.22. The molecule has 22 heavy (non-hydrogen) atoms. The number of imidazole rings is 1. The van der Waals surface area contributed by atoms with Crippen LogP contribution in [0.1, 0.15) is 5.56 Å². The average Bonchev–Trinajstić information content (AvgIpc) is 2.96. The van der Waals surface area contributed by atoms with E-state index in [9.17, 15) is 4.79 Å². The summed E-state index contributed by atoms with van der Waals surface area (Å²) in [6.45, 7) is 0. The maximum atomic E-state index is 13.1. The zero-order chi connectivity index (χ0) is 15.4. The third-order valence-electron chi connectivity index (χ3n) is 4.09. The summed E-state index contributed by atoms with van der Waals surface area (Å²) in [6, 6.07) is 7.24. The van der Waals surface area contributed by atoms with Crippen molar-refractivity contribution in [3.05, 3.63) is 46.4 Å². The van der Waals surface area contributed by atoms with Crippen molar-refractivity contribution in [2.75, 3.05) is 18.1 Å². The highest BCUT2D eigenvalue weighted by Gasteiger charge is 2.18. The maximum Gasteiger partial charge on any atom is 0.200 e. The van der Waals surface area contributed by atoms with E-state index in [1.165, 1.54) is 0 Å². The highest BCUT2D eigenvalue weighted by Crippen LogP contribution is 2.30. The Morgan fingerprint density at radius 3 is 2.82 bits per heavy atom. The molecule has 0 saturated carbocycles.